The predicted molar refractivity (Wildman–Crippen MR) is 54.3 cm³/mol. The van der Waals surface area contributed by atoms with Crippen molar-refractivity contribution in [3.63, 3.8) is 0 Å². The number of hydrogen-bond donors (Lipinski definition) is 1. The zero-order valence-electron chi connectivity index (χ0n) is 8.55. The van der Waals surface area contributed by atoms with Crippen molar-refractivity contribution in [3.8, 4) is 0 Å². The number of carbonyl (C=O) groups is 1. The molecular weight excluding hydrogens is 162 g/mol. The molecule has 0 aromatic rings. The summed E-state index contributed by atoms with van der Waals surface area (Å²) in [4.78, 5) is 11.0. The van der Waals surface area contributed by atoms with Gasteiger partial charge in [0.1, 0.15) is 0 Å². The van der Waals surface area contributed by atoms with Crippen molar-refractivity contribution in [2.24, 2.45) is 11.8 Å². The smallest absolute Gasteiger partial charge is 0.243 e. The first-order valence-corrected chi connectivity index (χ1v) is 5.06. The van der Waals surface area contributed by atoms with Crippen LogP contribution < -0.4 is 5.32 Å². The fourth-order valence-corrected chi connectivity index (χ4v) is 1.89. The van der Waals surface area contributed by atoms with Crippen molar-refractivity contribution in [2.45, 2.75) is 39.2 Å². The van der Waals surface area contributed by atoms with Crippen LogP contribution in [-0.2, 0) is 4.79 Å². The molecule has 0 aliphatic heterocycles. The lowest BCUT2D eigenvalue weighted by atomic mass is 9.75. The van der Waals surface area contributed by atoms with Gasteiger partial charge in [0, 0.05) is 6.04 Å². The standard InChI is InChI=1S/C11H19NO/c1-4-11(13)12-10-6-5-9(10)7-8(2)3/h4,8-10H,1,5-7H2,2-3H3,(H,12,13). The Labute approximate surface area is 80.4 Å². The van der Waals surface area contributed by atoms with Gasteiger partial charge in [-0.15, -0.1) is 0 Å². The van der Waals surface area contributed by atoms with Crippen LogP contribution in [0.4, 0.5) is 0 Å². The summed E-state index contributed by atoms with van der Waals surface area (Å²) >= 11 is 0. The van der Waals surface area contributed by atoms with Gasteiger partial charge in [-0.05, 0) is 37.2 Å². The van der Waals surface area contributed by atoms with Crippen LogP contribution in [0.1, 0.15) is 33.1 Å². The highest BCUT2D eigenvalue weighted by Crippen LogP contribution is 2.32. The third-order valence-electron chi connectivity index (χ3n) is 2.70. The minimum Gasteiger partial charge on any atom is -0.350 e. The van der Waals surface area contributed by atoms with Gasteiger partial charge in [0.2, 0.25) is 5.91 Å². The van der Waals surface area contributed by atoms with Crippen LogP contribution in [0.3, 0.4) is 0 Å². The lowest BCUT2D eigenvalue weighted by molar-refractivity contribution is -0.118. The van der Waals surface area contributed by atoms with Crippen LogP contribution in [0.25, 0.3) is 0 Å². The number of rotatable bonds is 4. The molecule has 13 heavy (non-hydrogen) atoms. The Morgan fingerprint density at radius 1 is 1.62 bits per heavy atom. The lowest BCUT2D eigenvalue weighted by Gasteiger charge is -2.38. The molecule has 1 amide bonds. The van der Waals surface area contributed by atoms with E-state index in [4.69, 9.17) is 0 Å². The Balaban J connectivity index is 2.28. The molecule has 2 heteroatoms. The minimum atomic E-state index is -0.0292. The van der Waals surface area contributed by atoms with Gasteiger partial charge in [0.25, 0.3) is 0 Å². The first-order valence-electron chi connectivity index (χ1n) is 5.06. The molecule has 1 aliphatic carbocycles. The van der Waals surface area contributed by atoms with E-state index >= 15 is 0 Å². The highest BCUT2D eigenvalue weighted by molar-refractivity contribution is 5.87. The van der Waals surface area contributed by atoms with Crippen LogP contribution in [-0.4, -0.2) is 11.9 Å². The molecule has 0 spiro atoms. The number of amides is 1. The molecule has 0 bridgehead atoms. The molecule has 2 unspecified atom stereocenters. The summed E-state index contributed by atoms with van der Waals surface area (Å²) in [5.41, 5.74) is 0. The number of hydrogen-bond acceptors (Lipinski definition) is 1. The SMILES string of the molecule is C=CC(=O)NC1CCC1CC(C)C. The van der Waals surface area contributed by atoms with Crippen LogP contribution >= 0.6 is 0 Å². The second kappa shape index (κ2) is 4.45. The lowest BCUT2D eigenvalue weighted by Crippen LogP contribution is -2.46. The minimum absolute atomic E-state index is 0.0292. The fourth-order valence-electron chi connectivity index (χ4n) is 1.89. The Morgan fingerprint density at radius 2 is 2.31 bits per heavy atom. The summed E-state index contributed by atoms with van der Waals surface area (Å²) in [6.45, 7) is 7.90. The van der Waals surface area contributed by atoms with Crippen molar-refractivity contribution in [1.29, 1.82) is 0 Å². The average Bonchev–Trinajstić information content (AvgIpc) is 2.08. The van der Waals surface area contributed by atoms with E-state index < -0.39 is 0 Å². The van der Waals surface area contributed by atoms with Crippen molar-refractivity contribution in [1.82, 2.24) is 5.32 Å². The van der Waals surface area contributed by atoms with Crippen LogP contribution in [0, 0.1) is 11.8 Å². The second-order valence-electron chi connectivity index (χ2n) is 4.29. The maximum absolute atomic E-state index is 11.0. The van der Waals surface area contributed by atoms with Crippen molar-refractivity contribution in [3.05, 3.63) is 12.7 Å². The Morgan fingerprint density at radius 3 is 2.69 bits per heavy atom. The molecule has 1 aliphatic rings. The quantitative estimate of drug-likeness (QED) is 0.661. The number of nitrogens with one attached hydrogen (secondary N) is 1. The van der Waals surface area contributed by atoms with E-state index in [1.165, 1.54) is 18.9 Å². The molecule has 2 nitrogen and oxygen atoms in total. The predicted octanol–water partition coefficient (Wildman–Crippen LogP) is 2.11. The van der Waals surface area contributed by atoms with Gasteiger partial charge in [-0.25, -0.2) is 0 Å². The summed E-state index contributed by atoms with van der Waals surface area (Å²) in [7, 11) is 0. The zero-order chi connectivity index (χ0) is 9.84. The fraction of sp³-hybridized carbons (Fsp3) is 0.727. The highest BCUT2D eigenvalue weighted by Gasteiger charge is 2.31. The van der Waals surface area contributed by atoms with Gasteiger partial charge in [-0.2, -0.15) is 0 Å². The molecule has 0 heterocycles. The molecule has 1 N–H and O–H groups in total. The van der Waals surface area contributed by atoms with Gasteiger partial charge in [-0.1, -0.05) is 20.4 Å². The largest absolute Gasteiger partial charge is 0.350 e. The first-order chi connectivity index (χ1) is 6.13. The zero-order valence-corrected chi connectivity index (χ0v) is 8.55. The van der Waals surface area contributed by atoms with Crippen molar-refractivity contribution >= 4 is 5.91 Å². The normalized spacial score (nSPS) is 26.7. The summed E-state index contributed by atoms with van der Waals surface area (Å²) in [5.74, 6) is 1.40. The van der Waals surface area contributed by atoms with E-state index in [0.717, 1.165) is 12.3 Å². The summed E-state index contributed by atoms with van der Waals surface area (Å²) in [6.07, 6.45) is 4.98. The maximum Gasteiger partial charge on any atom is 0.243 e. The average molecular weight is 181 g/mol. The molecule has 2 atom stereocenters. The topological polar surface area (TPSA) is 29.1 Å². The van der Waals surface area contributed by atoms with Crippen LogP contribution in [0.5, 0.6) is 0 Å². The van der Waals surface area contributed by atoms with E-state index in [2.05, 4.69) is 25.7 Å². The summed E-state index contributed by atoms with van der Waals surface area (Å²) in [5, 5.41) is 2.96. The second-order valence-corrected chi connectivity index (χ2v) is 4.29. The molecular formula is C11H19NO. The third kappa shape index (κ3) is 2.87. The van der Waals surface area contributed by atoms with Gasteiger partial charge >= 0.3 is 0 Å². The van der Waals surface area contributed by atoms with Gasteiger partial charge in [0.05, 0.1) is 0 Å². The van der Waals surface area contributed by atoms with E-state index in [0.29, 0.717) is 12.0 Å². The maximum atomic E-state index is 11.0. The molecule has 0 radical (unpaired) electrons. The monoisotopic (exact) mass is 181 g/mol. The summed E-state index contributed by atoms with van der Waals surface area (Å²) < 4.78 is 0. The molecule has 0 aromatic carbocycles. The Kier molecular flexibility index (Phi) is 3.52. The molecule has 1 rings (SSSR count). The van der Waals surface area contributed by atoms with E-state index in [1.807, 2.05) is 0 Å². The number of carbonyl (C=O) groups excluding carboxylic acids is 1. The molecule has 1 fully saturated rings. The van der Waals surface area contributed by atoms with Crippen molar-refractivity contribution < 1.29 is 4.79 Å². The van der Waals surface area contributed by atoms with Gasteiger partial charge in [-0.3, -0.25) is 4.79 Å². The molecule has 74 valence electrons. The van der Waals surface area contributed by atoms with E-state index in [9.17, 15) is 4.79 Å². The molecule has 1 saturated carbocycles. The Bertz CT molecular complexity index is 198. The van der Waals surface area contributed by atoms with E-state index in [1.54, 1.807) is 0 Å². The first kappa shape index (κ1) is 10.3. The van der Waals surface area contributed by atoms with Gasteiger partial charge < -0.3 is 5.32 Å². The Hall–Kier alpha value is -0.790. The summed E-state index contributed by atoms with van der Waals surface area (Å²) in [6, 6.07) is 0.410. The highest BCUT2D eigenvalue weighted by atomic mass is 16.1. The molecule has 0 saturated heterocycles. The van der Waals surface area contributed by atoms with Crippen LogP contribution in [0.15, 0.2) is 12.7 Å². The van der Waals surface area contributed by atoms with Crippen molar-refractivity contribution in [2.75, 3.05) is 0 Å². The van der Waals surface area contributed by atoms with Crippen LogP contribution in [0.2, 0.25) is 0 Å². The van der Waals surface area contributed by atoms with Gasteiger partial charge in [0.15, 0.2) is 0 Å². The molecule has 0 aromatic heterocycles. The third-order valence-corrected chi connectivity index (χ3v) is 2.70. The van der Waals surface area contributed by atoms with E-state index in [-0.39, 0.29) is 5.91 Å².